The number of nitrogens with one attached hydrogen (secondary N) is 1. The molecule has 0 saturated carbocycles. The Hall–Kier alpha value is -3.06. The van der Waals surface area contributed by atoms with Gasteiger partial charge in [0.2, 0.25) is 5.91 Å². The van der Waals surface area contributed by atoms with Crippen LogP contribution in [0.15, 0.2) is 48.5 Å². The molecule has 0 saturated heterocycles. The van der Waals surface area contributed by atoms with Crippen molar-refractivity contribution in [3.05, 3.63) is 69.8 Å². The van der Waals surface area contributed by atoms with Gasteiger partial charge in [-0.05, 0) is 24.6 Å². The number of nitro benzene ring substituents is 1. The van der Waals surface area contributed by atoms with Crippen LogP contribution in [0.4, 0.5) is 10.8 Å². The first-order chi connectivity index (χ1) is 11.5. The summed E-state index contributed by atoms with van der Waals surface area (Å²) in [7, 11) is 0. The molecule has 7 heteroatoms. The fourth-order valence-corrected chi connectivity index (χ4v) is 2.98. The Bertz CT molecular complexity index is 945. The zero-order valence-electron chi connectivity index (χ0n) is 12.7. The van der Waals surface area contributed by atoms with E-state index in [1.54, 1.807) is 12.1 Å². The Kier molecular flexibility index (Phi) is 4.35. The van der Waals surface area contributed by atoms with Gasteiger partial charge in [-0.15, -0.1) is 0 Å². The van der Waals surface area contributed by atoms with Crippen molar-refractivity contribution in [2.45, 2.75) is 6.92 Å². The molecule has 0 unspecified atom stereocenters. The van der Waals surface area contributed by atoms with Gasteiger partial charge in [0.25, 0.3) is 5.69 Å². The first-order valence-electron chi connectivity index (χ1n) is 7.12. The van der Waals surface area contributed by atoms with E-state index in [0.29, 0.717) is 15.3 Å². The summed E-state index contributed by atoms with van der Waals surface area (Å²) in [4.78, 5) is 26.5. The van der Waals surface area contributed by atoms with Gasteiger partial charge in [-0.3, -0.25) is 20.2 Å². The molecule has 1 aromatic heterocycles. The van der Waals surface area contributed by atoms with E-state index in [-0.39, 0.29) is 11.6 Å². The van der Waals surface area contributed by atoms with E-state index in [2.05, 4.69) is 10.3 Å². The van der Waals surface area contributed by atoms with Crippen LogP contribution in [0.2, 0.25) is 0 Å². The molecular formula is C17H13N3O3S. The highest BCUT2D eigenvalue weighted by atomic mass is 32.1. The number of nitro groups is 1. The highest BCUT2D eigenvalue weighted by Crippen LogP contribution is 2.29. The number of carbonyl (C=O) groups excluding carboxylic acids is 1. The number of amides is 1. The highest BCUT2D eigenvalue weighted by molar-refractivity contribution is 7.22. The Labute approximate surface area is 141 Å². The van der Waals surface area contributed by atoms with E-state index in [1.807, 2.05) is 31.2 Å². The molecule has 3 aromatic rings. The predicted molar refractivity (Wildman–Crippen MR) is 95.1 cm³/mol. The van der Waals surface area contributed by atoms with Crippen LogP contribution < -0.4 is 5.32 Å². The molecule has 0 fully saturated rings. The lowest BCUT2D eigenvalue weighted by Crippen LogP contribution is -2.07. The van der Waals surface area contributed by atoms with Crippen LogP contribution in [0.25, 0.3) is 16.3 Å². The fourth-order valence-electron chi connectivity index (χ4n) is 2.08. The number of hydrogen-bond donors (Lipinski definition) is 1. The summed E-state index contributed by atoms with van der Waals surface area (Å²) in [6, 6.07) is 12.2. The van der Waals surface area contributed by atoms with Crippen molar-refractivity contribution in [2.75, 3.05) is 5.32 Å². The van der Waals surface area contributed by atoms with Gasteiger partial charge in [-0.1, -0.05) is 41.2 Å². The molecule has 0 spiro atoms. The number of thiazole rings is 1. The number of rotatable bonds is 4. The number of anilines is 1. The summed E-state index contributed by atoms with van der Waals surface area (Å²) in [5.74, 6) is -0.302. The minimum atomic E-state index is -0.457. The molecule has 0 atom stereocenters. The maximum Gasteiger partial charge on any atom is 0.270 e. The molecule has 1 amide bonds. The summed E-state index contributed by atoms with van der Waals surface area (Å²) in [5.41, 5.74) is 2.70. The molecule has 120 valence electrons. The average Bonchev–Trinajstić information content (AvgIpc) is 2.95. The summed E-state index contributed by atoms with van der Waals surface area (Å²) in [5, 5.41) is 13.9. The third kappa shape index (κ3) is 3.64. The van der Waals surface area contributed by atoms with E-state index in [1.165, 1.54) is 29.5 Å². The maximum atomic E-state index is 12.0. The van der Waals surface area contributed by atoms with Crippen LogP contribution >= 0.6 is 11.3 Å². The molecule has 0 aliphatic carbocycles. The quantitative estimate of drug-likeness (QED) is 0.439. The third-order valence-corrected chi connectivity index (χ3v) is 4.25. The normalized spacial score (nSPS) is 11.0. The fraction of sp³-hybridized carbons (Fsp3) is 0.0588. The standard InChI is InChI=1S/C17H13N3O3S/c1-11-2-4-12(5-3-11)6-9-16(21)19-17-18-14-8-7-13(20(22)23)10-15(14)24-17/h2-10H,1H3,(H,18,19,21)/b9-6+. The molecule has 3 rings (SSSR count). The summed E-state index contributed by atoms with van der Waals surface area (Å²) >= 11 is 1.20. The third-order valence-electron chi connectivity index (χ3n) is 3.32. The lowest BCUT2D eigenvalue weighted by Gasteiger charge is -1.96. The largest absolute Gasteiger partial charge is 0.298 e. The van der Waals surface area contributed by atoms with E-state index >= 15 is 0 Å². The van der Waals surface area contributed by atoms with Crippen LogP contribution in [-0.4, -0.2) is 15.8 Å². The number of aryl methyl sites for hydroxylation is 1. The Morgan fingerprint density at radius 2 is 2.00 bits per heavy atom. The lowest BCUT2D eigenvalue weighted by atomic mass is 10.1. The molecule has 0 bridgehead atoms. The lowest BCUT2D eigenvalue weighted by molar-refractivity contribution is -0.384. The van der Waals surface area contributed by atoms with Crippen molar-refractivity contribution in [3.63, 3.8) is 0 Å². The van der Waals surface area contributed by atoms with E-state index < -0.39 is 4.92 Å². The van der Waals surface area contributed by atoms with Crippen LogP contribution in [0.1, 0.15) is 11.1 Å². The van der Waals surface area contributed by atoms with Gasteiger partial charge >= 0.3 is 0 Å². The number of carbonyl (C=O) groups is 1. The molecule has 2 aromatic carbocycles. The van der Waals surface area contributed by atoms with E-state index in [0.717, 1.165) is 11.1 Å². The molecule has 1 N–H and O–H groups in total. The SMILES string of the molecule is Cc1ccc(/C=C/C(=O)Nc2nc3ccc([N+](=O)[O-])cc3s2)cc1. The van der Waals surface area contributed by atoms with Crippen LogP contribution in [0.5, 0.6) is 0 Å². The molecular weight excluding hydrogens is 326 g/mol. The van der Waals surface area contributed by atoms with Crippen molar-refractivity contribution in [2.24, 2.45) is 0 Å². The second kappa shape index (κ2) is 6.59. The first-order valence-corrected chi connectivity index (χ1v) is 7.93. The molecule has 0 radical (unpaired) electrons. The molecule has 0 aliphatic heterocycles. The molecule has 1 heterocycles. The van der Waals surface area contributed by atoms with Crippen LogP contribution in [0.3, 0.4) is 0 Å². The monoisotopic (exact) mass is 339 g/mol. The van der Waals surface area contributed by atoms with Gasteiger partial charge in [0, 0.05) is 18.2 Å². The van der Waals surface area contributed by atoms with Crippen LogP contribution in [-0.2, 0) is 4.79 Å². The summed E-state index contributed by atoms with van der Waals surface area (Å²) < 4.78 is 0.655. The molecule has 24 heavy (non-hydrogen) atoms. The van der Waals surface area contributed by atoms with Gasteiger partial charge in [0.1, 0.15) is 0 Å². The van der Waals surface area contributed by atoms with Crippen molar-refractivity contribution >= 4 is 44.4 Å². The van der Waals surface area contributed by atoms with E-state index in [4.69, 9.17) is 0 Å². The number of fused-ring (bicyclic) bond motifs is 1. The molecule has 6 nitrogen and oxygen atoms in total. The van der Waals surface area contributed by atoms with Gasteiger partial charge in [0.05, 0.1) is 15.1 Å². The molecule has 0 aliphatic rings. The van der Waals surface area contributed by atoms with Gasteiger partial charge < -0.3 is 0 Å². The number of nitrogens with zero attached hydrogens (tertiary/aromatic N) is 2. The van der Waals surface area contributed by atoms with E-state index in [9.17, 15) is 14.9 Å². The van der Waals surface area contributed by atoms with Crippen molar-refractivity contribution in [1.82, 2.24) is 4.98 Å². The number of hydrogen-bond acceptors (Lipinski definition) is 5. The van der Waals surface area contributed by atoms with Gasteiger partial charge in [-0.25, -0.2) is 4.98 Å². The number of aromatic nitrogens is 1. The summed E-state index contributed by atoms with van der Waals surface area (Å²) in [6.07, 6.45) is 3.14. The van der Waals surface area contributed by atoms with Crippen molar-refractivity contribution in [1.29, 1.82) is 0 Å². The van der Waals surface area contributed by atoms with Crippen LogP contribution in [0, 0.1) is 17.0 Å². The smallest absolute Gasteiger partial charge is 0.270 e. The second-order valence-electron chi connectivity index (χ2n) is 5.16. The topological polar surface area (TPSA) is 85.1 Å². The predicted octanol–water partition coefficient (Wildman–Crippen LogP) is 4.16. The first kappa shape index (κ1) is 15.8. The maximum absolute atomic E-state index is 12.0. The highest BCUT2D eigenvalue weighted by Gasteiger charge is 2.11. The second-order valence-corrected chi connectivity index (χ2v) is 6.19. The summed E-state index contributed by atoms with van der Waals surface area (Å²) in [6.45, 7) is 2.00. The minimum Gasteiger partial charge on any atom is -0.298 e. The Morgan fingerprint density at radius 3 is 2.71 bits per heavy atom. The zero-order chi connectivity index (χ0) is 17.1. The van der Waals surface area contributed by atoms with Gasteiger partial charge in [-0.2, -0.15) is 0 Å². The average molecular weight is 339 g/mol. The number of benzene rings is 2. The number of non-ortho nitro benzene ring substituents is 1. The van der Waals surface area contributed by atoms with Crippen molar-refractivity contribution < 1.29 is 9.72 Å². The Balaban J connectivity index is 1.73. The van der Waals surface area contributed by atoms with Gasteiger partial charge in [0.15, 0.2) is 5.13 Å². The van der Waals surface area contributed by atoms with Crippen molar-refractivity contribution in [3.8, 4) is 0 Å². The minimum absolute atomic E-state index is 0.00305. The zero-order valence-corrected chi connectivity index (χ0v) is 13.5. The Morgan fingerprint density at radius 1 is 1.25 bits per heavy atom.